The first-order valence-electron chi connectivity index (χ1n) is 7.98. The van der Waals surface area contributed by atoms with Crippen LogP contribution in [0.15, 0.2) is 24.3 Å². The van der Waals surface area contributed by atoms with Crippen molar-refractivity contribution in [1.82, 2.24) is 0 Å². The molecule has 1 aromatic carbocycles. The molecule has 1 fully saturated rings. The van der Waals surface area contributed by atoms with Gasteiger partial charge in [-0.05, 0) is 30.5 Å². The molecule has 116 valence electrons. The van der Waals surface area contributed by atoms with E-state index in [4.69, 9.17) is 10.5 Å². The van der Waals surface area contributed by atoms with Crippen LogP contribution in [-0.2, 0) is 16.1 Å². The van der Waals surface area contributed by atoms with Gasteiger partial charge in [0.25, 0.3) is 0 Å². The molecule has 0 aliphatic heterocycles. The van der Waals surface area contributed by atoms with Crippen molar-refractivity contribution in [1.29, 1.82) is 0 Å². The summed E-state index contributed by atoms with van der Waals surface area (Å²) < 4.78 is 5.83. The van der Waals surface area contributed by atoms with E-state index in [1.807, 2.05) is 24.3 Å². The third-order valence-electron chi connectivity index (χ3n) is 3.96. The highest BCUT2D eigenvalue weighted by Crippen LogP contribution is 2.19. The number of hydrogen-bond donors (Lipinski definition) is 2. The molecule has 1 aliphatic carbocycles. The number of nitrogens with one attached hydrogen (secondary N) is 1. The number of carbonyl (C=O) groups excluding carboxylic acids is 1. The number of anilines is 1. The van der Waals surface area contributed by atoms with Crippen LogP contribution in [0.1, 0.15) is 50.5 Å². The number of benzene rings is 1. The summed E-state index contributed by atoms with van der Waals surface area (Å²) >= 11 is 0. The Labute approximate surface area is 127 Å². The predicted molar refractivity (Wildman–Crippen MR) is 85.0 cm³/mol. The largest absolute Gasteiger partial charge is 0.378 e. The molecule has 1 aromatic rings. The molecule has 0 unspecified atom stereocenters. The van der Waals surface area contributed by atoms with Gasteiger partial charge in [-0.25, -0.2) is 0 Å². The average Bonchev–Trinajstić information content (AvgIpc) is 2.77. The molecule has 1 saturated carbocycles. The maximum Gasteiger partial charge on any atom is 0.226 e. The highest BCUT2D eigenvalue weighted by Gasteiger charge is 2.13. The van der Waals surface area contributed by atoms with E-state index in [0.29, 0.717) is 25.7 Å². The second kappa shape index (κ2) is 8.80. The van der Waals surface area contributed by atoms with Crippen molar-refractivity contribution >= 4 is 11.6 Å². The Kier molecular flexibility index (Phi) is 6.70. The molecule has 0 radical (unpaired) electrons. The van der Waals surface area contributed by atoms with Gasteiger partial charge in [-0.1, -0.05) is 37.8 Å². The quantitative estimate of drug-likeness (QED) is 0.791. The van der Waals surface area contributed by atoms with E-state index in [1.54, 1.807) is 0 Å². The Bertz CT molecular complexity index is 423. The summed E-state index contributed by atoms with van der Waals surface area (Å²) in [4.78, 5) is 11.9. The van der Waals surface area contributed by atoms with Gasteiger partial charge in [0.1, 0.15) is 0 Å². The lowest BCUT2D eigenvalue weighted by Crippen LogP contribution is -2.18. The minimum atomic E-state index is 0.00382. The van der Waals surface area contributed by atoms with E-state index >= 15 is 0 Å². The molecule has 3 N–H and O–H groups in total. The molecule has 1 amide bonds. The van der Waals surface area contributed by atoms with Crippen molar-refractivity contribution in [2.75, 3.05) is 11.9 Å². The lowest BCUT2D eigenvalue weighted by atomic mass is 10.1. The third-order valence-corrected chi connectivity index (χ3v) is 3.96. The maximum atomic E-state index is 11.9. The molecule has 0 heterocycles. The second-order valence-corrected chi connectivity index (χ2v) is 5.68. The summed E-state index contributed by atoms with van der Waals surface area (Å²) in [6, 6.07) is 7.62. The minimum Gasteiger partial charge on any atom is -0.378 e. The molecule has 0 bridgehead atoms. The zero-order valence-electron chi connectivity index (χ0n) is 12.6. The van der Waals surface area contributed by atoms with Gasteiger partial charge in [0.05, 0.1) is 19.1 Å². The minimum absolute atomic E-state index is 0.00382. The molecule has 0 saturated heterocycles. The summed E-state index contributed by atoms with van der Waals surface area (Å²) in [7, 11) is 0. The van der Waals surface area contributed by atoms with E-state index in [2.05, 4.69) is 5.32 Å². The van der Waals surface area contributed by atoms with E-state index in [9.17, 15) is 4.79 Å². The first kappa shape index (κ1) is 16.0. The normalized spacial score (nSPS) is 16.4. The van der Waals surface area contributed by atoms with Crippen LogP contribution in [0.3, 0.4) is 0 Å². The zero-order valence-corrected chi connectivity index (χ0v) is 12.6. The number of carbonyl (C=O) groups is 1. The average molecular weight is 290 g/mol. The molecule has 0 spiro atoms. The summed E-state index contributed by atoms with van der Waals surface area (Å²) in [5.74, 6) is 0.00382. The van der Waals surface area contributed by atoms with Crippen molar-refractivity contribution in [3.63, 3.8) is 0 Å². The van der Waals surface area contributed by atoms with Gasteiger partial charge in [-0.3, -0.25) is 4.79 Å². The first-order chi connectivity index (χ1) is 10.3. The van der Waals surface area contributed by atoms with Crippen LogP contribution < -0.4 is 11.1 Å². The standard InChI is InChI=1S/C17H26N2O2/c18-13-14-7-9-15(10-8-14)19-17(20)11-12-21-16-5-3-1-2-4-6-16/h7-10,16H,1-6,11-13,18H2,(H,19,20). The fraction of sp³-hybridized carbons (Fsp3) is 0.588. The van der Waals surface area contributed by atoms with Crippen LogP contribution in [-0.4, -0.2) is 18.6 Å². The van der Waals surface area contributed by atoms with E-state index in [0.717, 1.165) is 24.1 Å². The molecule has 0 aromatic heterocycles. The smallest absolute Gasteiger partial charge is 0.226 e. The predicted octanol–water partition coefficient (Wildman–Crippen LogP) is 3.21. The van der Waals surface area contributed by atoms with Crippen LogP contribution in [0.4, 0.5) is 5.69 Å². The maximum absolute atomic E-state index is 11.9. The lowest BCUT2D eigenvalue weighted by molar-refractivity contribution is -0.117. The fourth-order valence-electron chi connectivity index (χ4n) is 2.67. The van der Waals surface area contributed by atoms with Gasteiger partial charge in [0.2, 0.25) is 5.91 Å². The Morgan fingerprint density at radius 3 is 2.43 bits per heavy atom. The SMILES string of the molecule is NCc1ccc(NC(=O)CCOC2CCCCCC2)cc1. The highest BCUT2D eigenvalue weighted by molar-refractivity contribution is 5.90. The molecule has 0 atom stereocenters. The third kappa shape index (κ3) is 5.86. The van der Waals surface area contributed by atoms with Crippen molar-refractivity contribution < 1.29 is 9.53 Å². The summed E-state index contributed by atoms with van der Waals surface area (Å²) in [6.07, 6.45) is 8.19. The molecule has 4 heteroatoms. The van der Waals surface area contributed by atoms with Gasteiger partial charge in [-0.2, -0.15) is 0 Å². The summed E-state index contributed by atoms with van der Waals surface area (Å²) in [5, 5.41) is 2.88. The van der Waals surface area contributed by atoms with E-state index in [1.165, 1.54) is 25.7 Å². The van der Waals surface area contributed by atoms with E-state index < -0.39 is 0 Å². The fourth-order valence-corrected chi connectivity index (χ4v) is 2.67. The van der Waals surface area contributed by atoms with Crippen molar-refractivity contribution in [2.24, 2.45) is 5.73 Å². The van der Waals surface area contributed by atoms with Gasteiger partial charge in [0.15, 0.2) is 0 Å². The summed E-state index contributed by atoms with van der Waals surface area (Å²) in [5.41, 5.74) is 7.42. The van der Waals surface area contributed by atoms with Gasteiger partial charge in [0, 0.05) is 12.2 Å². The van der Waals surface area contributed by atoms with Crippen LogP contribution in [0.5, 0.6) is 0 Å². The Hall–Kier alpha value is -1.39. The molecular weight excluding hydrogens is 264 g/mol. The lowest BCUT2D eigenvalue weighted by Gasteiger charge is -2.15. The van der Waals surface area contributed by atoms with Crippen molar-refractivity contribution in [3.05, 3.63) is 29.8 Å². The van der Waals surface area contributed by atoms with Crippen LogP contribution >= 0.6 is 0 Å². The number of ether oxygens (including phenoxy) is 1. The first-order valence-corrected chi connectivity index (χ1v) is 7.98. The summed E-state index contributed by atoms with van der Waals surface area (Å²) in [6.45, 7) is 1.03. The van der Waals surface area contributed by atoms with Crippen LogP contribution in [0, 0.1) is 0 Å². The highest BCUT2D eigenvalue weighted by atomic mass is 16.5. The Balaban J connectivity index is 1.66. The second-order valence-electron chi connectivity index (χ2n) is 5.68. The molecule has 4 nitrogen and oxygen atoms in total. The van der Waals surface area contributed by atoms with Gasteiger partial charge < -0.3 is 15.8 Å². The van der Waals surface area contributed by atoms with Gasteiger partial charge >= 0.3 is 0 Å². The monoisotopic (exact) mass is 290 g/mol. The van der Waals surface area contributed by atoms with Crippen molar-refractivity contribution in [3.8, 4) is 0 Å². The topological polar surface area (TPSA) is 64.3 Å². The van der Waals surface area contributed by atoms with E-state index in [-0.39, 0.29) is 5.91 Å². The number of hydrogen-bond acceptors (Lipinski definition) is 3. The Morgan fingerprint density at radius 1 is 1.14 bits per heavy atom. The molecule has 21 heavy (non-hydrogen) atoms. The van der Waals surface area contributed by atoms with Crippen LogP contribution in [0.2, 0.25) is 0 Å². The van der Waals surface area contributed by atoms with Crippen LogP contribution in [0.25, 0.3) is 0 Å². The van der Waals surface area contributed by atoms with Gasteiger partial charge in [-0.15, -0.1) is 0 Å². The Morgan fingerprint density at radius 2 is 1.81 bits per heavy atom. The number of rotatable bonds is 6. The molecule has 2 rings (SSSR count). The zero-order chi connectivity index (χ0) is 14.9. The molecular formula is C17H26N2O2. The van der Waals surface area contributed by atoms with Crippen molar-refractivity contribution in [2.45, 2.75) is 57.6 Å². The number of amides is 1. The molecule has 1 aliphatic rings. The number of nitrogens with two attached hydrogens (primary N) is 1.